The van der Waals surface area contributed by atoms with Gasteiger partial charge in [-0.1, -0.05) is 0 Å². The van der Waals surface area contributed by atoms with Gasteiger partial charge in [0.15, 0.2) is 0 Å². The molecule has 3 rings (SSSR count). The number of amides is 2. The minimum Gasteiger partial charge on any atom is -0.396 e. The number of hydrogen-bond donors (Lipinski definition) is 3. The molecular weight excluding hydrogens is 242 g/mol. The fourth-order valence-corrected chi connectivity index (χ4v) is 2.92. The molecule has 0 unspecified atom stereocenters. The molecule has 0 atom stereocenters. The zero-order valence-electron chi connectivity index (χ0n) is 11.5. The number of piperidine rings is 1. The number of likely N-dealkylation sites (tertiary alicyclic amines) is 1. The van der Waals surface area contributed by atoms with Crippen molar-refractivity contribution in [3.63, 3.8) is 0 Å². The summed E-state index contributed by atoms with van der Waals surface area (Å²) in [7, 11) is 0. The second-order valence-electron chi connectivity index (χ2n) is 6.53. The van der Waals surface area contributed by atoms with Crippen molar-refractivity contribution in [2.45, 2.75) is 50.6 Å². The first kappa shape index (κ1) is 13.2. The highest BCUT2D eigenvalue weighted by Crippen LogP contribution is 2.44. The van der Waals surface area contributed by atoms with Gasteiger partial charge < -0.3 is 20.6 Å². The van der Waals surface area contributed by atoms with Gasteiger partial charge in [-0.05, 0) is 38.5 Å². The molecule has 5 nitrogen and oxygen atoms in total. The fourth-order valence-electron chi connectivity index (χ4n) is 2.92. The van der Waals surface area contributed by atoms with Crippen LogP contribution in [0.25, 0.3) is 0 Å². The molecule has 0 radical (unpaired) electrons. The molecule has 0 aromatic rings. The van der Waals surface area contributed by atoms with Crippen molar-refractivity contribution in [3.05, 3.63) is 0 Å². The molecule has 3 N–H and O–H groups in total. The Balaban J connectivity index is 1.33. The van der Waals surface area contributed by atoms with E-state index in [-0.39, 0.29) is 18.1 Å². The summed E-state index contributed by atoms with van der Waals surface area (Å²) in [6.07, 6.45) is 6.92. The van der Waals surface area contributed by atoms with Crippen molar-refractivity contribution in [3.8, 4) is 0 Å². The Kier molecular flexibility index (Phi) is 3.67. The maximum atomic E-state index is 11.8. The number of rotatable bonds is 5. The van der Waals surface area contributed by atoms with Crippen LogP contribution < -0.4 is 10.6 Å². The molecule has 5 heteroatoms. The zero-order valence-corrected chi connectivity index (χ0v) is 11.5. The van der Waals surface area contributed by atoms with Crippen LogP contribution in [0.3, 0.4) is 0 Å². The van der Waals surface area contributed by atoms with Crippen molar-refractivity contribution < 1.29 is 9.90 Å². The summed E-state index contributed by atoms with van der Waals surface area (Å²) in [5, 5.41) is 15.2. The Bertz CT molecular complexity index is 332. The summed E-state index contributed by atoms with van der Waals surface area (Å²) in [4.78, 5) is 14.4. The van der Waals surface area contributed by atoms with E-state index in [0.29, 0.717) is 12.6 Å². The van der Waals surface area contributed by atoms with Crippen LogP contribution in [0.15, 0.2) is 0 Å². The van der Waals surface area contributed by atoms with Crippen molar-refractivity contribution in [2.75, 3.05) is 26.2 Å². The summed E-state index contributed by atoms with van der Waals surface area (Å²) in [6, 6.07) is 1.10. The van der Waals surface area contributed by atoms with Crippen LogP contribution in [0.1, 0.15) is 38.5 Å². The molecule has 0 spiro atoms. The van der Waals surface area contributed by atoms with Crippen LogP contribution in [0, 0.1) is 5.41 Å². The summed E-state index contributed by atoms with van der Waals surface area (Å²) in [5.41, 5.74) is -0.00726. The SMILES string of the molecule is O=C(NCC1(CO)CC1)NC1CCN(C2CC2)CC1. The first-order chi connectivity index (χ1) is 9.21. The molecule has 2 aliphatic carbocycles. The molecule has 0 aromatic carbocycles. The van der Waals surface area contributed by atoms with Crippen molar-refractivity contribution in [2.24, 2.45) is 5.41 Å². The van der Waals surface area contributed by atoms with Crippen molar-refractivity contribution in [1.82, 2.24) is 15.5 Å². The Labute approximate surface area is 114 Å². The second kappa shape index (κ2) is 5.29. The van der Waals surface area contributed by atoms with E-state index in [1.807, 2.05) is 0 Å². The summed E-state index contributed by atoms with van der Waals surface area (Å²) >= 11 is 0. The van der Waals surface area contributed by atoms with E-state index in [2.05, 4.69) is 15.5 Å². The van der Waals surface area contributed by atoms with Gasteiger partial charge in [-0.2, -0.15) is 0 Å². The average molecular weight is 267 g/mol. The third-order valence-corrected chi connectivity index (χ3v) is 4.84. The van der Waals surface area contributed by atoms with E-state index in [4.69, 9.17) is 0 Å². The Hall–Kier alpha value is -0.810. The van der Waals surface area contributed by atoms with Crippen molar-refractivity contribution >= 4 is 6.03 Å². The molecule has 3 aliphatic rings. The fraction of sp³-hybridized carbons (Fsp3) is 0.929. The maximum absolute atomic E-state index is 11.8. The Morgan fingerprint density at radius 1 is 1.21 bits per heavy atom. The predicted molar refractivity (Wildman–Crippen MR) is 72.9 cm³/mol. The van der Waals surface area contributed by atoms with Gasteiger partial charge in [0.1, 0.15) is 0 Å². The maximum Gasteiger partial charge on any atom is 0.315 e. The first-order valence-corrected chi connectivity index (χ1v) is 7.60. The molecule has 2 amide bonds. The van der Waals surface area contributed by atoms with E-state index >= 15 is 0 Å². The quantitative estimate of drug-likeness (QED) is 0.686. The lowest BCUT2D eigenvalue weighted by Gasteiger charge is -2.32. The molecule has 1 heterocycles. The molecule has 1 aliphatic heterocycles. The molecule has 3 fully saturated rings. The van der Waals surface area contributed by atoms with Gasteiger partial charge in [0.05, 0.1) is 6.61 Å². The molecular formula is C14H25N3O2. The van der Waals surface area contributed by atoms with E-state index in [0.717, 1.165) is 44.8 Å². The largest absolute Gasteiger partial charge is 0.396 e. The number of urea groups is 1. The minimum absolute atomic E-state index is 0.00726. The number of nitrogens with one attached hydrogen (secondary N) is 2. The number of aliphatic hydroxyl groups is 1. The topological polar surface area (TPSA) is 64.6 Å². The second-order valence-corrected chi connectivity index (χ2v) is 6.53. The lowest BCUT2D eigenvalue weighted by molar-refractivity contribution is 0.181. The number of hydrogen-bond acceptors (Lipinski definition) is 3. The predicted octanol–water partition coefficient (Wildman–Crippen LogP) is 0.685. The monoisotopic (exact) mass is 267 g/mol. The molecule has 2 saturated carbocycles. The van der Waals surface area contributed by atoms with Gasteiger partial charge in [0.25, 0.3) is 0 Å². The molecule has 0 aromatic heterocycles. The van der Waals surface area contributed by atoms with E-state index in [1.165, 1.54) is 12.8 Å². The van der Waals surface area contributed by atoms with Gasteiger partial charge in [-0.25, -0.2) is 4.79 Å². The van der Waals surface area contributed by atoms with Crippen molar-refractivity contribution in [1.29, 1.82) is 0 Å². The smallest absolute Gasteiger partial charge is 0.315 e. The third kappa shape index (κ3) is 3.39. The summed E-state index contributed by atoms with van der Waals surface area (Å²) < 4.78 is 0. The van der Waals surface area contributed by atoms with Crippen LogP contribution >= 0.6 is 0 Å². The lowest BCUT2D eigenvalue weighted by Crippen LogP contribution is -2.49. The highest BCUT2D eigenvalue weighted by Gasteiger charge is 2.42. The zero-order chi connectivity index (χ0) is 13.3. The highest BCUT2D eigenvalue weighted by atomic mass is 16.3. The van der Waals surface area contributed by atoms with Gasteiger partial charge in [0, 0.05) is 37.1 Å². The molecule has 0 bridgehead atoms. The molecule has 1 saturated heterocycles. The highest BCUT2D eigenvalue weighted by molar-refractivity contribution is 5.74. The Morgan fingerprint density at radius 2 is 1.89 bits per heavy atom. The first-order valence-electron chi connectivity index (χ1n) is 7.60. The number of aliphatic hydroxyl groups excluding tert-OH is 1. The summed E-state index contributed by atoms with van der Waals surface area (Å²) in [6.45, 7) is 3.04. The van der Waals surface area contributed by atoms with Crippen LogP contribution in [-0.4, -0.2) is 54.4 Å². The van der Waals surface area contributed by atoms with Crippen LogP contribution in [0.2, 0.25) is 0 Å². The van der Waals surface area contributed by atoms with E-state index < -0.39 is 0 Å². The van der Waals surface area contributed by atoms with Gasteiger partial charge in [-0.3, -0.25) is 0 Å². The molecule has 19 heavy (non-hydrogen) atoms. The van der Waals surface area contributed by atoms with Crippen LogP contribution in [0.5, 0.6) is 0 Å². The summed E-state index contributed by atoms with van der Waals surface area (Å²) in [5.74, 6) is 0. The normalized spacial score (nSPS) is 27.0. The minimum atomic E-state index is -0.0652. The Morgan fingerprint density at radius 3 is 2.42 bits per heavy atom. The van der Waals surface area contributed by atoms with Crippen LogP contribution in [-0.2, 0) is 0 Å². The third-order valence-electron chi connectivity index (χ3n) is 4.84. The van der Waals surface area contributed by atoms with Gasteiger partial charge in [-0.15, -0.1) is 0 Å². The van der Waals surface area contributed by atoms with Gasteiger partial charge in [0.2, 0.25) is 0 Å². The number of carbonyl (C=O) groups excluding carboxylic acids is 1. The number of carbonyl (C=O) groups is 1. The van der Waals surface area contributed by atoms with Gasteiger partial charge >= 0.3 is 6.03 Å². The standard InChI is InChI=1S/C14H25N3O2/c18-10-14(5-6-14)9-15-13(19)16-11-3-7-17(8-4-11)12-1-2-12/h11-12,18H,1-10H2,(H2,15,16,19). The number of nitrogens with zero attached hydrogens (tertiary/aromatic N) is 1. The lowest BCUT2D eigenvalue weighted by atomic mass is 10.1. The van der Waals surface area contributed by atoms with E-state index in [9.17, 15) is 9.90 Å². The van der Waals surface area contributed by atoms with E-state index in [1.54, 1.807) is 0 Å². The average Bonchev–Trinajstić information content (AvgIpc) is 3.31. The van der Waals surface area contributed by atoms with Crippen LogP contribution in [0.4, 0.5) is 4.79 Å². The molecule has 108 valence electrons.